The second kappa shape index (κ2) is 9.00. The predicted molar refractivity (Wildman–Crippen MR) is 86.2 cm³/mol. The summed E-state index contributed by atoms with van der Waals surface area (Å²) in [4.78, 5) is 6.96. The zero-order valence-corrected chi connectivity index (χ0v) is 14.0. The zero-order chi connectivity index (χ0) is 12.0. The Morgan fingerprint density at radius 2 is 2.12 bits per heavy atom. The largest absolute Gasteiger partial charge is 0.357 e. The number of aliphatic imine (C=N–C) groups is 1. The minimum absolute atomic E-state index is 0. The van der Waals surface area contributed by atoms with E-state index in [1.807, 2.05) is 0 Å². The molecule has 0 spiro atoms. The molecule has 102 valence electrons. The maximum atomic E-state index is 4.54. The molecule has 1 heterocycles. The molecule has 1 saturated heterocycles. The number of guanidine groups is 1. The van der Waals surface area contributed by atoms with E-state index in [0.29, 0.717) is 0 Å². The van der Waals surface area contributed by atoms with Gasteiger partial charge in [-0.15, -0.1) is 24.0 Å². The maximum Gasteiger partial charge on any atom is 0.193 e. The molecule has 0 saturated carbocycles. The van der Waals surface area contributed by atoms with Crippen molar-refractivity contribution < 1.29 is 0 Å². The van der Waals surface area contributed by atoms with Gasteiger partial charge in [0.25, 0.3) is 0 Å². The van der Waals surface area contributed by atoms with E-state index < -0.39 is 0 Å². The molecule has 0 aliphatic carbocycles. The van der Waals surface area contributed by atoms with Gasteiger partial charge in [-0.3, -0.25) is 4.99 Å². The van der Waals surface area contributed by atoms with Crippen molar-refractivity contribution in [2.45, 2.75) is 40.5 Å². The molecule has 4 heteroatoms. The van der Waals surface area contributed by atoms with Crippen molar-refractivity contribution in [3.63, 3.8) is 0 Å². The molecule has 1 fully saturated rings. The summed E-state index contributed by atoms with van der Waals surface area (Å²) in [6.07, 6.45) is 2.67. The van der Waals surface area contributed by atoms with Gasteiger partial charge in [-0.2, -0.15) is 0 Å². The minimum atomic E-state index is 0. The van der Waals surface area contributed by atoms with Gasteiger partial charge in [0.1, 0.15) is 0 Å². The van der Waals surface area contributed by atoms with Gasteiger partial charge in [0, 0.05) is 26.2 Å². The van der Waals surface area contributed by atoms with Crippen molar-refractivity contribution in [3.8, 4) is 0 Å². The number of hydrogen-bond donors (Lipinski definition) is 1. The molecule has 0 bridgehead atoms. The van der Waals surface area contributed by atoms with Crippen LogP contribution in [0, 0.1) is 11.8 Å². The molecule has 17 heavy (non-hydrogen) atoms. The third kappa shape index (κ3) is 5.93. The van der Waals surface area contributed by atoms with Crippen molar-refractivity contribution in [2.24, 2.45) is 16.8 Å². The lowest BCUT2D eigenvalue weighted by Gasteiger charge is -2.21. The van der Waals surface area contributed by atoms with E-state index in [1.165, 1.54) is 25.9 Å². The molecule has 1 aliphatic heterocycles. The van der Waals surface area contributed by atoms with Crippen LogP contribution in [0.5, 0.6) is 0 Å². The highest BCUT2D eigenvalue weighted by Gasteiger charge is 2.24. The summed E-state index contributed by atoms with van der Waals surface area (Å²) >= 11 is 0. The van der Waals surface area contributed by atoms with E-state index >= 15 is 0 Å². The van der Waals surface area contributed by atoms with Gasteiger partial charge in [0.2, 0.25) is 0 Å². The third-order valence-electron chi connectivity index (χ3n) is 3.03. The fourth-order valence-corrected chi connectivity index (χ4v) is 2.46. The number of hydrogen-bond acceptors (Lipinski definition) is 1. The van der Waals surface area contributed by atoms with Crippen LogP contribution in [0.2, 0.25) is 0 Å². The van der Waals surface area contributed by atoms with Crippen LogP contribution in [0.1, 0.15) is 40.5 Å². The lowest BCUT2D eigenvalue weighted by Crippen LogP contribution is -2.40. The fraction of sp³-hybridized carbons (Fsp3) is 0.923. The van der Waals surface area contributed by atoms with E-state index in [4.69, 9.17) is 0 Å². The molecule has 0 amide bonds. The first kappa shape index (κ1) is 17.0. The number of likely N-dealkylation sites (tertiary alicyclic amines) is 1. The van der Waals surface area contributed by atoms with Crippen molar-refractivity contribution in [1.29, 1.82) is 0 Å². The molecular formula is C13H28IN3. The van der Waals surface area contributed by atoms with Crippen LogP contribution in [-0.2, 0) is 0 Å². The Hall–Kier alpha value is 0. The molecule has 3 nitrogen and oxygen atoms in total. The summed E-state index contributed by atoms with van der Waals surface area (Å²) in [7, 11) is 0. The Bertz CT molecular complexity index is 229. The Morgan fingerprint density at radius 1 is 1.41 bits per heavy atom. The average Bonchev–Trinajstić information content (AvgIpc) is 2.65. The highest BCUT2D eigenvalue weighted by Crippen LogP contribution is 2.23. The Kier molecular flexibility index (Phi) is 9.00. The van der Waals surface area contributed by atoms with Crippen LogP contribution in [0.25, 0.3) is 0 Å². The summed E-state index contributed by atoms with van der Waals surface area (Å²) in [6, 6.07) is 0. The monoisotopic (exact) mass is 353 g/mol. The first-order chi connectivity index (χ1) is 7.67. The Balaban J connectivity index is 0.00000256. The summed E-state index contributed by atoms with van der Waals surface area (Å²) in [6.45, 7) is 13.0. The van der Waals surface area contributed by atoms with Gasteiger partial charge in [-0.05, 0) is 38.5 Å². The molecule has 0 aromatic rings. The zero-order valence-electron chi connectivity index (χ0n) is 11.7. The summed E-state index contributed by atoms with van der Waals surface area (Å²) in [5.41, 5.74) is 0. The Morgan fingerprint density at radius 3 is 2.65 bits per heavy atom. The van der Waals surface area contributed by atoms with E-state index in [0.717, 1.165) is 30.9 Å². The van der Waals surface area contributed by atoms with Crippen LogP contribution in [-0.4, -0.2) is 37.0 Å². The van der Waals surface area contributed by atoms with Crippen molar-refractivity contribution >= 4 is 29.9 Å². The van der Waals surface area contributed by atoms with Gasteiger partial charge < -0.3 is 10.2 Å². The van der Waals surface area contributed by atoms with Crippen LogP contribution >= 0.6 is 24.0 Å². The second-order valence-corrected chi connectivity index (χ2v) is 5.06. The SMILES string of the molecule is CCN=C(NCC)N1CCC(CC(C)C)C1.I. The summed E-state index contributed by atoms with van der Waals surface area (Å²) in [5, 5.41) is 3.38. The fourth-order valence-electron chi connectivity index (χ4n) is 2.46. The smallest absolute Gasteiger partial charge is 0.193 e. The van der Waals surface area contributed by atoms with Crippen LogP contribution < -0.4 is 5.32 Å². The Labute approximate surface area is 123 Å². The lowest BCUT2D eigenvalue weighted by atomic mass is 9.97. The second-order valence-electron chi connectivity index (χ2n) is 5.06. The van der Waals surface area contributed by atoms with Crippen molar-refractivity contribution in [1.82, 2.24) is 10.2 Å². The van der Waals surface area contributed by atoms with Crippen LogP contribution in [0.3, 0.4) is 0 Å². The molecule has 1 aliphatic rings. The number of nitrogens with zero attached hydrogens (tertiary/aromatic N) is 2. The van der Waals surface area contributed by atoms with E-state index in [2.05, 4.69) is 42.9 Å². The predicted octanol–water partition coefficient (Wildman–Crippen LogP) is 2.96. The lowest BCUT2D eigenvalue weighted by molar-refractivity contribution is 0.404. The standard InChI is InChI=1S/C13H27N3.HI/c1-5-14-13(15-6-2)16-8-7-12(10-16)9-11(3)4;/h11-12H,5-10H2,1-4H3,(H,14,15);1H. The third-order valence-corrected chi connectivity index (χ3v) is 3.03. The molecule has 0 radical (unpaired) electrons. The van der Waals surface area contributed by atoms with Gasteiger partial charge in [-0.25, -0.2) is 0 Å². The highest BCUT2D eigenvalue weighted by molar-refractivity contribution is 14.0. The normalized spacial score (nSPS) is 20.6. The number of rotatable bonds is 4. The number of nitrogens with one attached hydrogen (secondary N) is 1. The van der Waals surface area contributed by atoms with Gasteiger partial charge in [0.15, 0.2) is 5.96 Å². The maximum absolute atomic E-state index is 4.54. The van der Waals surface area contributed by atoms with Crippen molar-refractivity contribution in [2.75, 3.05) is 26.2 Å². The first-order valence-electron chi connectivity index (χ1n) is 6.70. The summed E-state index contributed by atoms with van der Waals surface area (Å²) in [5.74, 6) is 2.78. The molecule has 1 atom stereocenters. The van der Waals surface area contributed by atoms with Gasteiger partial charge >= 0.3 is 0 Å². The van der Waals surface area contributed by atoms with Crippen LogP contribution in [0.15, 0.2) is 4.99 Å². The highest BCUT2D eigenvalue weighted by atomic mass is 127. The van der Waals surface area contributed by atoms with Crippen molar-refractivity contribution in [3.05, 3.63) is 0 Å². The topological polar surface area (TPSA) is 27.6 Å². The van der Waals surface area contributed by atoms with Gasteiger partial charge in [-0.1, -0.05) is 13.8 Å². The summed E-state index contributed by atoms with van der Waals surface area (Å²) < 4.78 is 0. The molecule has 1 unspecified atom stereocenters. The molecule has 0 aromatic carbocycles. The molecule has 0 aromatic heterocycles. The van der Waals surface area contributed by atoms with E-state index in [9.17, 15) is 0 Å². The van der Waals surface area contributed by atoms with E-state index in [-0.39, 0.29) is 24.0 Å². The molecule has 1 rings (SSSR count). The number of halogens is 1. The van der Waals surface area contributed by atoms with Gasteiger partial charge in [0.05, 0.1) is 0 Å². The first-order valence-corrected chi connectivity index (χ1v) is 6.70. The van der Waals surface area contributed by atoms with Crippen LogP contribution in [0.4, 0.5) is 0 Å². The molecular weight excluding hydrogens is 325 g/mol. The molecule has 1 N–H and O–H groups in total. The minimum Gasteiger partial charge on any atom is -0.357 e. The average molecular weight is 353 g/mol. The quantitative estimate of drug-likeness (QED) is 0.478. The van der Waals surface area contributed by atoms with E-state index in [1.54, 1.807) is 0 Å².